The number of nitrogens with one attached hydrogen (secondary N) is 1. The summed E-state index contributed by atoms with van der Waals surface area (Å²) in [5, 5.41) is 14.1. The minimum atomic E-state index is 0.0246. The molecule has 3 rings (SSSR count). The number of hydrogen-bond acceptors (Lipinski definition) is 6. The van der Waals surface area contributed by atoms with E-state index in [-0.39, 0.29) is 5.91 Å². The Balaban J connectivity index is 1.35. The number of carbonyl (C=O) groups excluding carboxylic acids is 1. The Bertz CT molecular complexity index is 860. The lowest BCUT2D eigenvalue weighted by Crippen LogP contribution is -2.27. The summed E-state index contributed by atoms with van der Waals surface area (Å²) in [6, 6.07) is 12.6. The van der Waals surface area contributed by atoms with Gasteiger partial charge in [0.1, 0.15) is 0 Å². The molecule has 8 heteroatoms. The standard InChI is InChI=1S/C19H22N4OS3/c1-14-5-7-15(8-6-14)12-25-11-9-20-17(24)13-27-19-22-21-18(23(19)2)16-4-3-10-26-16/h3-8,10H,9,11-13H2,1-2H3,(H,20,24). The number of nitrogens with zero attached hydrogens (tertiary/aromatic N) is 3. The van der Waals surface area contributed by atoms with Gasteiger partial charge in [-0.2, -0.15) is 11.8 Å². The minimum absolute atomic E-state index is 0.0246. The quantitative estimate of drug-likeness (QED) is 0.420. The average molecular weight is 419 g/mol. The third-order valence-corrected chi connectivity index (χ3v) is 6.78. The maximum atomic E-state index is 12.0. The first-order chi connectivity index (χ1) is 13.1. The Kier molecular flexibility index (Phi) is 7.37. The van der Waals surface area contributed by atoms with Gasteiger partial charge in [0.15, 0.2) is 11.0 Å². The molecule has 0 atom stereocenters. The van der Waals surface area contributed by atoms with E-state index in [1.54, 1.807) is 11.3 Å². The minimum Gasteiger partial charge on any atom is -0.355 e. The van der Waals surface area contributed by atoms with Crippen molar-refractivity contribution in [3.05, 3.63) is 52.9 Å². The predicted molar refractivity (Wildman–Crippen MR) is 115 cm³/mol. The summed E-state index contributed by atoms with van der Waals surface area (Å²) in [6.07, 6.45) is 0. The average Bonchev–Trinajstić information content (AvgIpc) is 3.31. The molecule has 27 heavy (non-hydrogen) atoms. The van der Waals surface area contributed by atoms with Gasteiger partial charge < -0.3 is 9.88 Å². The van der Waals surface area contributed by atoms with Crippen molar-refractivity contribution in [3.8, 4) is 10.7 Å². The first kappa shape index (κ1) is 20.0. The van der Waals surface area contributed by atoms with Crippen LogP contribution in [0.5, 0.6) is 0 Å². The van der Waals surface area contributed by atoms with Gasteiger partial charge in [0, 0.05) is 25.1 Å². The number of rotatable bonds is 9. The van der Waals surface area contributed by atoms with Gasteiger partial charge in [-0.3, -0.25) is 4.79 Å². The van der Waals surface area contributed by atoms with Gasteiger partial charge in [-0.15, -0.1) is 21.5 Å². The fourth-order valence-electron chi connectivity index (χ4n) is 2.38. The number of benzene rings is 1. The topological polar surface area (TPSA) is 59.8 Å². The van der Waals surface area contributed by atoms with Crippen LogP contribution in [0.25, 0.3) is 10.7 Å². The summed E-state index contributed by atoms with van der Waals surface area (Å²) in [5.41, 5.74) is 2.59. The second kappa shape index (κ2) is 9.96. The van der Waals surface area contributed by atoms with Crippen LogP contribution in [-0.4, -0.2) is 38.7 Å². The number of aryl methyl sites for hydroxylation is 1. The zero-order chi connectivity index (χ0) is 19.1. The number of aromatic nitrogens is 3. The molecule has 0 spiro atoms. The van der Waals surface area contributed by atoms with E-state index in [0.717, 1.165) is 27.4 Å². The second-order valence-corrected chi connectivity index (χ2v) is 9.01. The van der Waals surface area contributed by atoms with E-state index in [2.05, 4.69) is 46.7 Å². The lowest BCUT2D eigenvalue weighted by atomic mass is 10.2. The zero-order valence-electron chi connectivity index (χ0n) is 15.3. The highest BCUT2D eigenvalue weighted by atomic mass is 32.2. The van der Waals surface area contributed by atoms with Gasteiger partial charge in [-0.25, -0.2) is 0 Å². The third-order valence-electron chi connectivity index (χ3n) is 3.87. The van der Waals surface area contributed by atoms with E-state index in [9.17, 15) is 4.79 Å². The fourth-order valence-corrected chi connectivity index (χ4v) is 4.68. The molecule has 0 bridgehead atoms. The predicted octanol–water partition coefficient (Wildman–Crippen LogP) is 3.99. The van der Waals surface area contributed by atoms with Crippen LogP contribution in [0, 0.1) is 6.92 Å². The molecule has 0 aliphatic heterocycles. The normalized spacial score (nSPS) is 10.9. The Morgan fingerprint density at radius 3 is 2.78 bits per heavy atom. The number of amides is 1. The van der Waals surface area contributed by atoms with Crippen LogP contribution in [0.15, 0.2) is 46.9 Å². The first-order valence-corrected chi connectivity index (χ1v) is 11.6. The second-order valence-electron chi connectivity index (χ2n) is 6.02. The van der Waals surface area contributed by atoms with Gasteiger partial charge in [0.2, 0.25) is 5.91 Å². The summed E-state index contributed by atoms with van der Waals surface area (Å²) in [6.45, 7) is 2.77. The number of thioether (sulfide) groups is 2. The summed E-state index contributed by atoms with van der Waals surface area (Å²) in [5.74, 6) is 3.07. The molecule has 1 amide bonds. The van der Waals surface area contributed by atoms with Crippen molar-refractivity contribution in [2.24, 2.45) is 7.05 Å². The highest BCUT2D eigenvalue weighted by Gasteiger charge is 2.13. The Morgan fingerprint density at radius 2 is 2.04 bits per heavy atom. The highest BCUT2D eigenvalue weighted by Crippen LogP contribution is 2.25. The molecular formula is C19H22N4OS3. The van der Waals surface area contributed by atoms with E-state index in [1.807, 2.05) is 40.9 Å². The highest BCUT2D eigenvalue weighted by molar-refractivity contribution is 7.99. The van der Waals surface area contributed by atoms with E-state index in [4.69, 9.17) is 0 Å². The molecule has 2 aromatic heterocycles. The van der Waals surface area contributed by atoms with Gasteiger partial charge in [0.25, 0.3) is 0 Å². The van der Waals surface area contributed by atoms with E-state index in [0.29, 0.717) is 12.3 Å². The largest absolute Gasteiger partial charge is 0.355 e. The van der Waals surface area contributed by atoms with Crippen molar-refractivity contribution in [1.82, 2.24) is 20.1 Å². The molecule has 1 N–H and O–H groups in total. The van der Waals surface area contributed by atoms with Gasteiger partial charge >= 0.3 is 0 Å². The summed E-state index contributed by atoms with van der Waals surface area (Å²) >= 11 is 4.86. The molecule has 0 aliphatic rings. The van der Waals surface area contributed by atoms with Crippen LogP contribution in [0.4, 0.5) is 0 Å². The smallest absolute Gasteiger partial charge is 0.230 e. The van der Waals surface area contributed by atoms with Crippen LogP contribution in [0.1, 0.15) is 11.1 Å². The van der Waals surface area contributed by atoms with E-state index < -0.39 is 0 Å². The Hall–Kier alpha value is -1.77. The Labute approximate surface area is 172 Å². The monoisotopic (exact) mass is 418 g/mol. The molecule has 0 radical (unpaired) electrons. The first-order valence-electron chi connectivity index (χ1n) is 8.59. The number of hydrogen-bond donors (Lipinski definition) is 1. The molecule has 0 aliphatic carbocycles. The van der Waals surface area contributed by atoms with Crippen LogP contribution < -0.4 is 5.32 Å². The molecule has 142 valence electrons. The fraction of sp³-hybridized carbons (Fsp3) is 0.316. The van der Waals surface area contributed by atoms with Crippen LogP contribution >= 0.6 is 34.9 Å². The molecule has 0 unspecified atom stereocenters. The van der Waals surface area contributed by atoms with Crippen molar-refractivity contribution in [3.63, 3.8) is 0 Å². The molecule has 0 saturated heterocycles. The summed E-state index contributed by atoms with van der Waals surface area (Å²) in [7, 11) is 1.93. The summed E-state index contributed by atoms with van der Waals surface area (Å²) < 4.78 is 1.93. The van der Waals surface area contributed by atoms with Crippen molar-refractivity contribution >= 4 is 40.8 Å². The van der Waals surface area contributed by atoms with Crippen LogP contribution in [0.2, 0.25) is 0 Å². The van der Waals surface area contributed by atoms with Gasteiger partial charge in [-0.05, 0) is 23.9 Å². The van der Waals surface area contributed by atoms with Crippen molar-refractivity contribution < 1.29 is 4.79 Å². The lowest BCUT2D eigenvalue weighted by Gasteiger charge is -2.06. The van der Waals surface area contributed by atoms with Gasteiger partial charge in [-0.1, -0.05) is 47.7 Å². The molecule has 0 saturated carbocycles. The maximum absolute atomic E-state index is 12.0. The zero-order valence-corrected chi connectivity index (χ0v) is 17.8. The van der Waals surface area contributed by atoms with Crippen molar-refractivity contribution in [2.75, 3.05) is 18.1 Å². The maximum Gasteiger partial charge on any atom is 0.230 e. The van der Waals surface area contributed by atoms with E-state index in [1.165, 1.54) is 22.9 Å². The lowest BCUT2D eigenvalue weighted by molar-refractivity contribution is -0.118. The third kappa shape index (κ3) is 5.85. The molecule has 5 nitrogen and oxygen atoms in total. The molecule has 0 fully saturated rings. The summed E-state index contributed by atoms with van der Waals surface area (Å²) in [4.78, 5) is 13.1. The van der Waals surface area contributed by atoms with Gasteiger partial charge in [0.05, 0.1) is 10.6 Å². The Morgan fingerprint density at radius 1 is 1.22 bits per heavy atom. The molecule has 1 aromatic carbocycles. The SMILES string of the molecule is Cc1ccc(CSCCNC(=O)CSc2nnc(-c3cccs3)n2C)cc1. The number of thiophene rings is 1. The number of carbonyl (C=O) groups is 1. The van der Waals surface area contributed by atoms with Crippen LogP contribution in [0.3, 0.4) is 0 Å². The van der Waals surface area contributed by atoms with Crippen LogP contribution in [-0.2, 0) is 17.6 Å². The van der Waals surface area contributed by atoms with Crippen molar-refractivity contribution in [1.29, 1.82) is 0 Å². The molecular weight excluding hydrogens is 396 g/mol. The van der Waals surface area contributed by atoms with Crippen molar-refractivity contribution in [2.45, 2.75) is 17.8 Å². The van der Waals surface area contributed by atoms with E-state index >= 15 is 0 Å². The molecule has 2 heterocycles. The molecule has 3 aromatic rings.